The Bertz CT molecular complexity index is 450. The summed E-state index contributed by atoms with van der Waals surface area (Å²) in [7, 11) is 0. The molecule has 0 radical (unpaired) electrons. The van der Waals surface area contributed by atoms with E-state index in [0.29, 0.717) is 0 Å². The second kappa shape index (κ2) is 6.78. The third-order valence-corrected chi connectivity index (χ3v) is 2.75. The SMILES string of the molecule is Cc1cccc(C)c1OCC(C)C(=O)NCC(=O)O. The normalized spacial score (nSPS) is 11.7. The number of carboxylic acids is 1. The van der Waals surface area contributed by atoms with Crippen molar-refractivity contribution in [1.82, 2.24) is 5.32 Å². The van der Waals surface area contributed by atoms with Crippen molar-refractivity contribution < 1.29 is 19.4 Å². The number of carbonyl (C=O) groups excluding carboxylic acids is 1. The molecule has 0 aliphatic heterocycles. The molecule has 104 valence electrons. The summed E-state index contributed by atoms with van der Waals surface area (Å²) in [5.41, 5.74) is 2.02. The first-order chi connectivity index (χ1) is 8.91. The van der Waals surface area contributed by atoms with E-state index < -0.39 is 11.9 Å². The smallest absolute Gasteiger partial charge is 0.322 e. The summed E-state index contributed by atoms with van der Waals surface area (Å²) >= 11 is 0. The number of hydrogen-bond acceptors (Lipinski definition) is 3. The lowest BCUT2D eigenvalue weighted by molar-refractivity contribution is -0.138. The maximum absolute atomic E-state index is 11.6. The first-order valence-corrected chi connectivity index (χ1v) is 6.10. The van der Waals surface area contributed by atoms with Crippen LogP contribution < -0.4 is 10.1 Å². The lowest BCUT2D eigenvalue weighted by Gasteiger charge is -2.15. The van der Waals surface area contributed by atoms with Crippen LogP contribution in [0.25, 0.3) is 0 Å². The molecule has 0 heterocycles. The molecule has 5 heteroatoms. The molecule has 0 saturated heterocycles. The van der Waals surface area contributed by atoms with E-state index in [1.54, 1.807) is 6.92 Å². The molecule has 0 spiro atoms. The van der Waals surface area contributed by atoms with Crippen LogP contribution in [0.5, 0.6) is 5.75 Å². The number of para-hydroxylation sites is 1. The van der Waals surface area contributed by atoms with Crippen molar-refractivity contribution in [1.29, 1.82) is 0 Å². The minimum atomic E-state index is -1.06. The van der Waals surface area contributed by atoms with Gasteiger partial charge in [0.05, 0.1) is 12.5 Å². The van der Waals surface area contributed by atoms with Crippen LogP contribution in [0.1, 0.15) is 18.1 Å². The zero-order chi connectivity index (χ0) is 14.4. The van der Waals surface area contributed by atoms with E-state index in [2.05, 4.69) is 5.32 Å². The molecule has 0 aliphatic carbocycles. The third kappa shape index (κ3) is 4.62. The van der Waals surface area contributed by atoms with Gasteiger partial charge in [0.2, 0.25) is 5.91 Å². The zero-order valence-electron chi connectivity index (χ0n) is 11.4. The van der Waals surface area contributed by atoms with Crippen LogP contribution in [-0.2, 0) is 9.59 Å². The lowest BCUT2D eigenvalue weighted by Crippen LogP contribution is -2.35. The Morgan fingerprint density at radius 1 is 1.32 bits per heavy atom. The van der Waals surface area contributed by atoms with Gasteiger partial charge in [0, 0.05) is 0 Å². The first-order valence-electron chi connectivity index (χ1n) is 6.10. The number of amides is 1. The van der Waals surface area contributed by atoms with Crippen molar-refractivity contribution in [2.45, 2.75) is 20.8 Å². The summed E-state index contributed by atoms with van der Waals surface area (Å²) < 4.78 is 5.65. The van der Waals surface area contributed by atoms with Gasteiger partial charge >= 0.3 is 5.97 Å². The number of carboxylic acid groups (broad SMARTS) is 1. The van der Waals surface area contributed by atoms with Crippen molar-refractivity contribution in [2.24, 2.45) is 5.92 Å². The fraction of sp³-hybridized carbons (Fsp3) is 0.429. The molecule has 0 aromatic heterocycles. The Morgan fingerprint density at radius 2 is 1.89 bits per heavy atom. The quantitative estimate of drug-likeness (QED) is 0.817. The van der Waals surface area contributed by atoms with Crippen LogP contribution in [-0.4, -0.2) is 30.1 Å². The Kier molecular flexibility index (Phi) is 5.36. The monoisotopic (exact) mass is 265 g/mol. The molecule has 1 rings (SSSR count). The van der Waals surface area contributed by atoms with Crippen LogP contribution in [0, 0.1) is 19.8 Å². The molecule has 1 unspecified atom stereocenters. The summed E-state index contributed by atoms with van der Waals surface area (Å²) in [4.78, 5) is 21.9. The van der Waals surface area contributed by atoms with Crippen molar-refractivity contribution >= 4 is 11.9 Å². The molecular weight excluding hydrogens is 246 g/mol. The fourth-order valence-corrected chi connectivity index (χ4v) is 1.65. The summed E-state index contributed by atoms with van der Waals surface area (Å²) in [5.74, 6) is -1.01. The molecule has 0 bridgehead atoms. The maximum atomic E-state index is 11.6. The number of aliphatic carboxylic acids is 1. The van der Waals surface area contributed by atoms with Gasteiger partial charge in [-0.2, -0.15) is 0 Å². The van der Waals surface area contributed by atoms with E-state index in [4.69, 9.17) is 9.84 Å². The van der Waals surface area contributed by atoms with E-state index in [1.807, 2.05) is 32.0 Å². The van der Waals surface area contributed by atoms with Gasteiger partial charge in [-0.25, -0.2) is 0 Å². The largest absolute Gasteiger partial charge is 0.492 e. The van der Waals surface area contributed by atoms with Crippen molar-refractivity contribution in [2.75, 3.05) is 13.2 Å². The lowest BCUT2D eigenvalue weighted by atomic mass is 10.1. The minimum Gasteiger partial charge on any atom is -0.492 e. The van der Waals surface area contributed by atoms with Gasteiger partial charge in [0.1, 0.15) is 12.3 Å². The standard InChI is InChI=1S/C14H19NO4/c1-9-5-4-6-10(2)13(9)19-8-11(3)14(18)15-7-12(16)17/h4-6,11H,7-8H2,1-3H3,(H,15,18)(H,16,17). The van der Waals surface area contributed by atoms with Crippen LogP contribution in [0.15, 0.2) is 18.2 Å². The van der Waals surface area contributed by atoms with Gasteiger partial charge in [-0.3, -0.25) is 9.59 Å². The van der Waals surface area contributed by atoms with Gasteiger partial charge in [0.25, 0.3) is 0 Å². The van der Waals surface area contributed by atoms with E-state index >= 15 is 0 Å². The maximum Gasteiger partial charge on any atom is 0.322 e. The Hall–Kier alpha value is -2.04. The Balaban J connectivity index is 2.52. The zero-order valence-corrected chi connectivity index (χ0v) is 11.4. The average molecular weight is 265 g/mol. The van der Waals surface area contributed by atoms with Gasteiger partial charge in [-0.1, -0.05) is 25.1 Å². The first kappa shape index (κ1) is 15.0. The second-order valence-electron chi connectivity index (χ2n) is 4.54. The highest BCUT2D eigenvalue weighted by molar-refractivity contribution is 5.82. The number of nitrogens with one attached hydrogen (secondary N) is 1. The number of aryl methyl sites for hydroxylation is 2. The van der Waals surface area contributed by atoms with Crippen LogP contribution in [0.2, 0.25) is 0 Å². The summed E-state index contributed by atoms with van der Waals surface area (Å²) in [6.45, 7) is 5.43. The van der Waals surface area contributed by atoms with E-state index in [-0.39, 0.29) is 19.1 Å². The number of hydrogen-bond donors (Lipinski definition) is 2. The second-order valence-corrected chi connectivity index (χ2v) is 4.54. The predicted octanol–water partition coefficient (Wildman–Crippen LogP) is 1.52. The topological polar surface area (TPSA) is 75.6 Å². The molecule has 1 amide bonds. The van der Waals surface area contributed by atoms with Crippen LogP contribution in [0.3, 0.4) is 0 Å². The molecule has 1 aromatic rings. The molecule has 0 saturated carbocycles. The fourth-order valence-electron chi connectivity index (χ4n) is 1.65. The molecular formula is C14H19NO4. The van der Waals surface area contributed by atoms with E-state index in [9.17, 15) is 9.59 Å². The number of benzene rings is 1. The molecule has 19 heavy (non-hydrogen) atoms. The summed E-state index contributed by atoms with van der Waals surface area (Å²) in [6.07, 6.45) is 0. The number of carbonyl (C=O) groups is 2. The number of ether oxygens (including phenoxy) is 1. The predicted molar refractivity (Wildman–Crippen MR) is 71.2 cm³/mol. The van der Waals surface area contributed by atoms with Gasteiger partial charge in [0.15, 0.2) is 0 Å². The highest BCUT2D eigenvalue weighted by Gasteiger charge is 2.15. The Morgan fingerprint density at radius 3 is 2.42 bits per heavy atom. The van der Waals surface area contributed by atoms with Crippen LogP contribution in [0.4, 0.5) is 0 Å². The molecule has 5 nitrogen and oxygen atoms in total. The van der Waals surface area contributed by atoms with Gasteiger partial charge < -0.3 is 15.2 Å². The van der Waals surface area contributed by atoms with E-state index in [1.165, 1.54) is 0 Å². The van der Waals surface area contributed by atoms with Crippen molar-refractivity contribution in [3.8, 4) is 5.75 Å². The highest BCUT2D eigenvalue weighted by Crippen LogP contribution is 2.22. The molecule has 1 atom stereocenters. The van der Waals surface area contributed by atoms with Gasteiger partial charge in [-0.15, -0.1) is 0 Å². The molecule has 1 aromatic carbocycles. The van der Waals surface area contributed by atoms with Crippen molar-refractivity contribution in [3.63, 3.8) is 0 Å². The average Bonchev–Trinajstić information content (AvgIpc) is 2.35. The van der Waals surface area contributed by atoms with Crippen LogP contribution >= 0.6 is 0 Å². The van der Waals surface area contributed by atoms with Crippen molar-refractivity contribution in [3.05, 3.63) is 29.3 Å². The van der Waals surface area contributed by atoms with E-state index in [0.717, 1.165) is 16.9 Å². The number of rotatable bonds is 6. The molecule has 0 aliphatic rings. The summed E-state index contributed by atoms with van der Waals surface area (Å²) in [5, 5.41) is 10.8. The third-order valence-electron chi connectivity index (χ3n) is 2.75. The molecule has 2 N–H and O–H groups in total. The molecule has 0 fully saturated rings. The summed E-state index contributed by atoms with van der Waals surface area (Å²) in [6, 6.07) is 5.83. The van der Waals surface area contributed by atoms with Gasteiger partial charge in [-0.05, 0) is 25.0 Å². The minimum absolute atomic E-state index is 0.219. The Labute approximate surface area is 112 Å². The highest BCUT2D eigenvalue weighted by atomic mass is 16.5.